The standard InChI is InChI=1S/C20H17ClF3N5O2S/c1-11(20(22,23)24)28-32(30,31)14-9-26-19(27-10-14)18-16(8-25)15-7-12(21)5-6-17(15)29(18)13-3-2-4-13/h5-7,9-11,13,28H,2-4H2,1H3/t11-/m0/s1. The molecule has 0 radical (unpaired) electrons. The van der Waals surface area contributed by atoms with Gasteiger partial charge < -0.3 is 4.57 Å². The van der Waals surface area contributed by atoms with E-state index in [1.807, 2.05) is 10.6 Å². The van der Waals surface area contributed by atoms with Gasteiger partial charge in [0.25, 0.3) is 0 Å². The third-order valence-electron chi connectivity index (χ3n) is 5.49. The first-order valence-electron chi connectivity index (χ1n) is 9.68. The fourth-order valence-corrected chi connectivity index (χ4v) is 4.88. The van der Waals surface area contributed by atoms with Crippen LogP contribution in [0.3, 0.4) is 0 Å². The van der Waals surface area contributed by atoms with Gasteiger partial charge in [-0.05, 0) is 44.4 Å². The van der Waals surface area contributed by atoms with Crippen molar-refractivity contribution in [2.75, 3.05) is 0 Å². The Labute approximate surface area is 186 Å². The van der Waals surface area contributed by atoms with Gasteiger partial charge in [-0.1, -0.05) is 11.6 Å². The third-order valence-corrected chi connectivity index (χ3v) is 7.22. The van der Waals surface area contributed by atoms with E-state index in [0.717, 1.165) is 37.2 Å². The van der Waals surface area contributed by atoms with E-state index in [4.69, 9.17) is 11.6 Å². The summed E-state index contributed by atoms with van der Waals surface area (Å²) >= 11 is 6.12. The summed E-state index contributed by atoms with van der Waals surface area (Å²) in [6.45, 7) is 0.703. The van der Waals surface area contributed by atoms with Crippen molar-refractivity contribution in [3.05, 3.63) is 41.2 Å². The highest BCUT2D eigenvalue weighted by Gasteiger charge is 2.39. The number of benzene rings is 1. The van der Waals surface area contributed by atoms with Crippen molar-refractivity contribution in [2.24, 2.45) is 0 Å². The molecule has 2 aromatic heterocycles. The summed E-state index contributed by atoms with van der Waals surface area (Å²) < 4.78 is 66.4. The molecule has 4 rings (SSSR count). The van der Waals surface area contributed by atoms with Crippen molar-refractivity contribution in [1.82, 2.24) is 19.3 Å². The summed E-state index contributed by atoms with van der Waals surface area (Å²) in [5.41, 5.74) is 1.51. The van der Waals surface area contributed by atoms with Gasteiger partial charge in [0.15, 0.2) is 5.82 Å². The lowest BCUT2D eigenvalue weighted by molar-refractivity contribution is -0.147. The van der Waals surface area contributed by atoms with Crippen LogP contribution in [0.4, 0.5) is 13.2 Å². The zero-order valence-corrected chi connectivity index (χ0v) is 18.3. The van der Waals surface area contributed by atoms with Crippen molar-refractivity contribution >= 4 is 32.5 Å². The van der Waals surface area contributed by atoms with Crippen LogP contribution in [0.5, 0.6) is 0 Å². The van der Waals surface area contributed by atoms with Gasteiger partial charge in [-0.2, -0.15) is 23.2 Å². The molecule has 12 heteroatoms. The third kappa shape index (κ3) is 3.94. The fraction of sp³-hybridized carbons (Fsp3) is 0.350. The predicted octanol–water partition coefficient (Wildman–Crippen LogP) is 4.58. The summed E-state index contributed by atoms with van der Waals surface area (Å²) in [5.74, 6) is 0.101. The van der Waals surface area contributed by atoms with Crippen LogP contribution in [0.1, 0.15) is 37.8 Å². The normalized spacial score (nSPS) is 16.0. The number of nitrogens with zero attached hydrogens (tertiary/aromatic N) is 4. The Morgan fingerprint density at radius 3 is 2.47 bits per heavy atom. The Morgan fingerprint density at radius 1 is 1.28 bits per heavy atom. The van der Waals surface area contributed by atoms with Crippen LogP contribution >= 0.6 is 11.6 Å². The van der Waals surface area contributed by atoms with E-state index in [0.29, 0.717) is 28.6 Å². The lowest BCUT2D eigenvalue weighted by Crippen LogP contribution is -2.43. The maximum Gasteiger partial charge on any atom is 0.404 e. The van der Waals surface area contributed by atoms with Crippen LogP contribution in [0.25, 0.3) is 22.4 Å². The first kappa shape index (κ1) is 22.5. The van der Waals surface area contributed by atoms with Gasteiger partial charge >= 0.3 is 6.18 Å². The maximum absolute atomic E-state index is 12.8. The average molecular weight is 484 g/mol. The lowest BCUT2D eigenvalue weighted by atomic mass is 9.92. The van der Waals surface area contributed by atoms with Crippen LogP contribution in [-0.4, -0.2) is 35.2 Å². The second-order valence-corrected chi connectivity index (χ2v) is 9.73. The number of sulfonamides is 1. The van der Waals surface area contributed by atoms with E-state index >= 15 is 0 Å². The molecule has 0 spiro atoms. The van der Waals surface area contributed by atoms with Crippen molar-refractivity contribution in [2.45, 2.75) is 49.3 Å². The number of rotatable bonds is 5. The van der Waals surface area contributed by atoms with Crippen molar-refractivity contribution < 1.29 is 21.6 Å². The zero-order valence-electron chi connectivity index (χ0n) is 16.7. The smallest absolute Gasteiger partial charge is 0.334 e. The summed E-state index contributed by atoms with van der Waals surface area (Å²) in [5, 5.41) is 10.9. The number of hydrogen-bond donors (Lipinski definition) is 1. The van der Waals surface area contributed by atoms with Crippen molar-refractivity contribution in [3.63, 3.8) is 0 Å². The summed E-state index contributed by atoms with van der Waals surface area (Å²) in [7, 11) is -4.49. The quantitative estimate of drug-likeness (QED) is 0.572. The highest BCUT2D eigenvalue weighted by molar-refractivity contribution is 7.89. The van der Waals surface area contributed by atoms with E-state index in [1.165, 1.54) is 0 Å². The minimum Gasteiger partial charge on any atom is -0.334 e. The number of nitrogens with one attached hydrogen (secondary N) is 1. The molecule has 32 heavy (non-hydrogen) atoms. The molecule has 1 aliphatic carbocycles. The minimum absolute atomic E-state index is 0.101. The van der Waals surface area contributed by atoms with Gasteiger partial charge in [-0.3, -0.25) is 0 Å². The van der Waals surface area contributed by atoms with Gasteiger partial charge in [0.2, 0.25) is 10.0 Å². The molecule has 1 aromatic carbocycles. The Balaban J connectivity index is 1.80. The molecule has 1 fully saturated rings. The molecule has 1 saturated carbocycles. The van der Waals surface area contributed by atoms with Crippen LogP contribution in [-0.2, 0) is 10.0 Å². The predicted molar refractivity (Wildman–Crippen MR) is 111 cm³/mol. The fourth-order valence-electron chi connectivity index (χ4n) is 3.59. The van der Waals surface area contributed by atoms with E-state index in [2.05, 4.69) is 16.0 Å². The average Bonchev–Trinajstić information content (AvgIpc) is 2.99. The summed E-state index contributed by atoms with van der Waals surface area (Å²) in [4.78, 5) is 7.68. The summed E-state index contributed by atoms with van der Waals surface area (Å²) in [6.07, 6.45) is -0.0395. The van der Waals surface area contributed by atoms with Gasteiger partial charge in [-0.25, -0.2) is 18.4 Å². The van der Waals surface area contributed by atoms with Crippen LogP contribution in [0, 0.1) is 11.3 Å². The molecule has 1 atom stereocenters. The number of nitriles is 1. The molecule has 0 aliphatic heterocycles. The number of fused-ring (bicyclic) bond motifs is 1. The molecule has 3 aromatic rings. The second kappa shape index (κ2) is 8.03. The van der Waals surface area contributed by atoms with Crippen molar-refractivity contribution in [1.29, 1.82) is 5.26 Å². The molecular weight excluding hydrogens is 467 g/mol. The number of aromatic nitrogens is 3. The Bertz CT molecular complexity index is 1330. The highest BCUT2D eigenvalue weighted by Crippen LogP contribution is 2.42. The van der Waals surface area contributed by atoms with E-state index in [-0.39, 0.29) is 11.9 Å². The monoisotopic (exact) mass is 483 g/mol. The van der Waals surface area contributed by atoms with Gasteiger partial charge in [0, 0.05) is 16.5 Å². The van der Waals surface area contributed by atoms with Crippen LogP contribution in [0.2, 0.25) is 5.02 Å². The number of alkyl halides is 3. The Kier molecular flexibility index (Phi) is 5.65. The Hall–Kier alpha value is -2.68. The molecule has 2 heterocycles. The molecule has 0 bridgehead atoms. The highest BCUT2D eigenvalue weighted by atomic mass is 35.5. The molecular formula is C20H17ClF3N5O2S. The minimum atomic E-state index is -4.74. The molecule has 7 nitrogen and oxygen atoms in total. The molecule has 1 N–H and O–H groups in total. The molecule has 0 unspecified atom stereocenters. The first-order chi connectivity index (χ1) is 15.0. The molecule has 1 aliphatic rings. The van der Waals surface area contributed by atoms with Crippen molar-refractivity contribution in [3.8, 4) is 17.6 Å². The SMILES string of the molecule is C[C@H](NS(=O)(=O)c1cnc(-c2c(C#N)c3cc(Cl)ccc3n2C2CCC2)nc1)C(F)(F)F. The van der Waals surface area contributed by atoms with E-state index in [9.17, 15) is 26.9 Å². The zero-order chi connectivity index (χ0) is 23.3. The van der Waals surface area contributed by atoms with Crippen LogP contribution in [0.15, 0.2) is 35.5 Å². The lowest BCUT2D eigenvalue weighted by Gasteiger charge is -2.29. The van der Waals surface area contributed by atoms with Gasteiger partial charge in [0.05, 0.1) is 23.5 Å². The van der Waals surface area contributed by atoms with E-state index in [1.54, 1.807) is 16.9 Å². The molecule has 0 saturated heterocycles. The largest absolute Gasteiger partial charge is 0.404 e. The number of halogens is 4. The molecule has 168 valence electrons. The topological polar surface area (TPSA) is 101 Å². The second-order valence-electron chi connectivity index (χ2n) is 7.58. The van der Waals surface area contributed by atoms with Crippen LogP contribution < -0.4 is 4.72 Å². The van der Waals surface area contributed by atoms with Gasteiger partial charge in [-0.15, -0.1) is 0 Å². The maximum atomic E-state index is 12.8. The number of hydrogen-bond acceptors (Lipinski definition) is 5. The van der Waals surface area contributed by atoms with Gasteiger partial charge in [0.1, 0.15) is 22.7 Å². The first-order valence-corrected chi connectivity index (χ1v) is 11.5. The Morgan fingerprint density at radius 2 is 1.94 bits per heavy atom. The summed E-state index contributed by atoms with van der Waals surface area (Å²) in [6, 6.07) is 5.21. The molecule has 0 amide bonds. The van der Waals surface area contributed by atoms with E-state index < -0.39 is 27.1 Å².